The Morgan fingerprint density at radius 2 is 2.15 bits per heavy atom. The molecule has 0 saturated carbocycles. The molecule has 0 unspecified atom stereocenters. The van der Waals surface area contributed by atoms with Gasteiger partial charge in [0.1, 0.15) is 11.6 Å². The van der Waals surface area contributed by atoms with Gasteiger partial charge in [-0.25, -0.2) is 9.67 Å². The molecular formula is C14H19ClN4O. The van der Waals surface area contributed by atoms with Gasteiger partial charge in [0.2, 0.25) is 0 Å². The quantitative estimate of drug-likeness (QED) is 0.831. The van der Waals surface area contributed by atoms with Crippen LogP contribution < -0.4 is 5.32 Å². The lowest BCUT2D eigenvalue weighted by molar-refractivity contribution is 0.199. The van der Waals surface area contributed by atoms with Gasteiger partial charge in [-0.3, -0.25) is 0 Å². The van der Waals surface area contributed by atoms with Gasteiger partial charge in [-0.2, -0.15) is 5.10 Å². The third kappa shape index (κ3) is 3.56. The van der Waals surface area contributed by atoms with Crippen LogP contribution >= 0.6 is 11.6 Å². The molecule has 6 heteroatoms. The van der Waals surface area contributed by atoms with Crippen molar-refractivity contribution < 1.29 is 4.74 Å². The monoisotopic (exact) mass is 294 g/mol. The van der Waals surface area contributed by atoms with E-state index in [4.69, 9.17) is 16.3 Å². The van der Waals surface area contributed by atoms with Crippen molar-refractivity contribution >= 4 is 11.6 Å². The average Bonchev–Trinajstić information content (AvgIpc) is 2.75. The Labute approximate surface area is 123 Å². The molecule has 0 bridgehead atoms. The van der Waals surface area contributed by atoms with Crippen LogP contribution in [0, 0.1) is 13.8 Å². The molecule has 5 nitrogen and oxygen atoms in total. The van der Waals surface area contributed by atoms with Crippen LogP contribution in [0.25, 0.3) is 5.69 Å². The van der Waals surface area contributed by atoms with Gasteiger partial charge in [-0.15, -0.1) is 0 Å². The Kier molecular flexibility index (Phi) is 5.11. The van der Waals surface area contributed by atoms with Crippen LogP contribution in [-0.2, 0) is 11.3 Å². The van der Waals surface area contributed by atoms with Gasteiger partial charge in [0.15, 0.2) is 0 Å². The first kappa shape index (κ1) is 15.0. The standard InChI is InChI=1S/C14H19ClN4O/c1-10-17-11(2)19(18-10)14-8-13(15)5-4-12(14)9-16-6-7-20-3/h4-5,8,16H,6-7,9H2,1-3H3. The van der Waals surface area contributed by atoms with Crippen molar-refractivity contribution in [2.24, 2.45) is 0 Å². The normalized spacial score (nSPS) is 11.0. The Morgan fingerprint density at radius 3 is 2.80 bits per heavy atom. The molecule has 20 heavy (non-hydrogen) atoms. The third-order valence-electron chi connectivity index (χ3n) is 2.95. The van der Waals surface area contributed by atoms with Crippen LogP contribution in [0.4, 0.5) is 0 Å². The molecule has 0 aliphatic rings. The minimum absolute atomic E-state index is 0.685. The lowest BCUT2D eigenvalue weighted by Crippen LogP contribution is -2.20. The molecular weight excluding hydrogens is 276 g/mol. The van der Waals surface area contributed by atoms with Gasteiger partial charge in [-0.05, 0) is 31.5 Å². The van der Waals surface area contributed by atoms with Crippen LogP contribution in [0.3, 0.4) is 0 Å². The molecule has 0 amide bonds. The third-order valence-corrected chi connectivity index (χ3v) is 3.18. The first-order valence-corrected chi connectivity index (χ1v) is 6.88. The number of methoxy groups -OCH3 is 1. The van der Waals surface area contributed by atoms with E-state index in [9.17, 15) is 0 Å². The first-order valence-electron chi connectivity index (χ1n) is 6.50. The highest BCUT2D eigenvalue weighted by molar-refractivity contribution is 6.30. The zero-order valence-corrected chi connectivity index (χ0v) is 12.7. The Balaban J connectivity index is 2.26. The van der Waals surface area contributed by atoms with Gasteiger partial charge in [0, 0.05) is 25.2 Å². The number of hydrogen-bond donors (Lipinski definition) is 1. The van der Waals surface area contributed by atoms with E-state index in [-0.39, 0.29) is 0 Å². The van der Waals surface area contributed by atoms with Crippen LogP contribution in [0.15, 0.2) is 18.2 Å². The summed E-state index contributed by atoms with van der Waals surface area (Å²) >= 11 is 6.11. The number of aromatic nitrogens is 3. The molecule has 0 aliphatic heterocycles. The van der Waals surface area contributed by atoms with Crippen LogP contribution in [0.2, 0.25) is 5.02 Å². The van der Waals surface area contributed by atoms with Crippen molar-refractivity contribution in [2.75, 3.05) is 20.3 Å². The second-order valence-electron chi connectivity index (χ2n) is 4.56. The highest BCUT2D eigenvalue weighted by Crippen LogP contribution is 2.20. The predicted molar refractivity (Wildman–Crippen MR) is 79.4 cm³/mol. The van der Waals surface area contributed by atoms with Crippen molar-refractivity contribution in [3.8, 4) is 5.69 Å². The van der Waals surface area contributed by atoms with Gasteiger partial charge in [0.05, 0.1) is 12.3 Å². The van der Waals surface area contributed by atoms with E-state index in [0.29, 0.717) is 11.6 Å². The van der Waals surface area contributed by atoms with E-state index in [1.807, 2.05) is 36.7 Å². The van der Waals surface area contributed by atoms with Crippen molar-refractivity contribution in [1.29, 1.82) is 0 Å². The van der Waals surface area contributed by atoms with Gasteiger partial charge in [-0.1, -0.05) is 17.7 Å². The van der Waals surface area contributed by atoms with Crippen molar-refractivity contribution in [2.45, 2.75) is 20.4 Å². The molecule has 2 rings (SSSR count). The van der Waals surface area contributed by atoms with Crippen LogP contribution in [0.5, 0.6) is 0 Å². The van der Waals surface area contributed by atoms with E-state index in [1.165, 1.54) is 0 Å². The predicted octanol–water partition coefficient (Wildman–Crippen LogP) is 2.27. The van der Waals surface area contributed by atoms with Gasteiger partial charge < -0.3 is 10.1 Å². The Morgan fingerprint density at radius 1 is 1.35 bits per heavy atom. The molecule has 0 spiro atoms. The SMILES string of the molecule is COCCNCc1ccc(Cl)cc1-n1nc(C)nc1C. The fourth-order valence-electron chi connectivity index (χ4n) is 2.03. The topological polar surface area (TPSA) is 52.0 Å². The molecule has 1 N–H and O–H groups in total. The van der Waals surface area contributed by atoms with Gasteiger partial charge >= 0.3 is 0 Å². The minimum atomic E-state index is 0.685. The maximum atomic E-state index is 6.11. The largest absolute Gasteiger partial charge is 0.383 e. The van der Waals surface area contributed by atoms with E-state index in [1.54, 1.807) is 7.11 Å². The van der Waals surface area contributed by atoms with Crippen LogP contribution in [-0.4, -0.2) is 35.0 Å². The first-order chi connectivity index (χ1) is 9.61. The van der Waals surface area contributed by atoms with E-state index in [0.717, 1.165) is 36.0 Å². The second-order valence-corrected chi connectivity index (χ2v) is 5.00. The highest BCUT2D eigenvalue weighted by Gasteiger charge is 2.10. The molecule has 0 saturated heterocycles. The molecule has 0 radical (unpaired) electrons. The van der Waals surface area contributed by atoms with Gasteiger partial charge in [0.25, 0.3) is 0 Å². The summed E-state index contributed by atoms with van der Waals surface area (Å²) in [5, 5.41) is 8.44. The number of rotatable bonds is 6. The summed E-state index contributed by atoms with van der Waals surface area (Å²) in [7, 11) is 1.69. The summed E-state index contributed by atoms with van der Waals surface area (Å²) in [6, 6.07) is 5.81. The minimum Gasteiger partial charge on any atom is -0.383 e. The zero-order valence-electron chi connectivity index (χ0n) is 12.0. The molecule has 1 aromatic carbocycles. The molecule has 0 aliphatic carbocycles. The van der Waals surface area contributed by atoms with E-state index in [2.05, 4.69) is 15.4 Å². The summed E-state index contributed by atoms with van der Waals surface area (Å²) < 4.78 is 6.85. The Hall–Kier alpha value is -1.43. The van der Waals surface area contributed by atoms with Crippen molar-refractivity contribution in [3.63, 3.8) is 0 Å². The number of aryl methyl sites for hydroxylation is 2. The summed E-state index contributed by atoms with van der Waals surface area (Å²) in [4.78, 5) is 4.34. The number of hydrogen-bond acceptors (Lipinski definition) is 4. The maximum absolute atomic E-state index is 6.11. The molecule has 1 heterocycles. The van der Waals surface area contributed by atoms with Crippen molar-refractivity contribution in [3.05, 3.63) is 40.4 Å². The lowest BCUT2D eigenvalue weighted by Gasteiger charge is -2.12. The maximum Gasteiger partial charge on any atom is 0.148 e. The fraction of sp³-hybridized carbons (Fsp3) is 0.429. The summed E-state index contributed by atoms with van der Waals surface area (Å²) in [6.07, 6.45) is 0. The Bertz CT molecular complexity index is 583. The summed E-state index contributed by atoms with van der Waals surface area (Å²) in [6.45, 7) is 6.03. The van der Waals surface area contributed by atoms with Crippen molar-refractivity contribution in [1.82, 2.24) is 20.1 Å². The lowest BCUT2D eigenvalue weighted by atomic mass is 10.1. The molecule has 0 atom stereocenters. The average molecular weight is 295 g/mol. The number of halogens is 1. The molecule has 108 valence electrons. The number of ether oxygens (including phenoxy) is 1. The highest BCUT2D eigenvalue weighted by atomic mass is 35.5. The molecule has 2 aromatic rings. The number of benzene rings is 1. The number of nitrogens with zero attached hydrogens (tertiary/aromatic N) is 3. The second kappa shape index (κ2) is 6.83. The summed E-state index contributed by atoms with van der Waals surface area (Å²) in [5.74, 6) is 1.60. The van der Waals surface area contributed by atoms with E-state index >= 15 is 0 Å². The zero-order chi connectivity index (χ0) is 14.5. The van der Waals surface area contributed by atoms with E-state index < -0.39 is 0 Å². The van der Waals surface area contributed by atoms with Crippen LogP contribution in [0.1, 0.15) is 17.2 Å². The smallest absolute Gasteiger partial charge is 0.148 e. The fourth-order valence-corrected chi connectivity index (χ4v) is 2.20. The summed E-state index contributed by atoms with van der Waals surface area (Å²) in [5.41, 5.74) is 2.08. The molecule has 1 aromatic heterocycles. The number of nitrogens with one attached hydrogen (secondary N) is 1. The molecule has 0 fully saturated rings.